The number of amides is 1. The second kappa shape index (κ2) is 8.05. The molecule has 0 unspecified atom stereocenters. The van der Waals surface area contributed by atoms with Crippen molar-refractivity contribution in [2.24, 2.45) is 17.8 Å². The van der Waals surface area contributed by atoms with Crippen molar-refractivity contribution in [3.05, 3.63) is 17.7 Å². The first-order chi connectivity index (χ1) is 14.0. The van der Waals surface area contributed by atoms with Gasteiger partial charge in [-0.15, -0.1) is 0 Å². The first-order valence-electron chi connectivity index (χ1n) is 10.7. The molecule has 1 atom stereocenters. The lowest BCUT2D eigenvalue weighted by Gasteiger charge is -2.57. The van der Waals surface area contributed by atoms with Crippen LogP contribution in [-0.4, -0.2) is 45.5 Å². The monoisotopic (exact) mass is 403 g/mol. The number of ether oxygens (including phenoxy) is 4. The highest BCUT2D eigenvalue weighted by Gasteiger charge is 2.52. The van der Waals surface area contributed by atoms with Gasteiger partial charge >= 0.3 is 0 Å². The van der Waals surface area contributed by atoms with Crippen LogP contribution in [0.4, 0.5) is 0 Å². The van der Waals surface area contributed by atoms with Crippen molar-refractivity contribution in [3.63, 3.8) is 0 Å². The number of hydrogen-bond acceptors (Lipinski definition) is 5. The molecule has 1 aromatic rings. The van der Waals surface area contributed by atoms with Crippen LogP contribution in [0.5, 0.6) is 17.2 Å². The standard InChI is InChI=1S/C23H33NO5/c1-14(29-23-10-15-7-16(11-23)9-17(8-15)12-23)13-24-22(25)18-5-6-19(26-2)21(28-4)20(18)27-3/h5-6,14-17H,7-13H2,1-4H3,(H,24,25)/t14-,15?,16?,17?,23?/m0/s1. The largest absolute Gasteiger partial charge is 0.493 e. The molecule has 0 radical (unpaired) electrons. The quantitative estimate of drug-likeness (QED) is 0.715. The maximum Gasteiger partial charge on any atom is 0.255 e. The van der Waals surface area contributed by atoms with Crippen LogP contribution >= 0.6 is 0 Å². The van der Waals surface area contributed by atoms with Crippen molar-refractivity contribution in [1.82, 2.24) is 5.32 Å². The molecular weight excluding hydrogens is 370 g/mol. The Balaban J connectivity index is 1.39. The van der Waals surface area contributed by atoms with Gasteiger partial charge in [0.2, 0.25) is 5.75 Å². The summed E-state index contributed by atoms with van der Waals surface area (Å²) in [5.74, 6) is 3.65. The normalized spacial score (nSPS) is 30.7. The molecular formula is C23H33NO5. The maximum absolute atomic E-state index is 12.8. The van der Waals surface area contributed by atoms with Gasteiger partial charge in [0.25, 0.3) is 5.91 Å². The van der Waals surface area contributed by atoms with Crippen molar-refractivity contribution in [3.8, 4) is 17.2 Å². The van der Waals surface area contributed by atoms with Gasteiger partial charge in [-0.05, 0) is 75.3 Å². The molecule has 6 heteroatoms. The van der Waals surface area contributed by atoms with E-state index in [1.165, 1.54) is 52.7 Å². The molecule has 4 bridgehead atoms. The number of nitrogens with one attached hydrogen (secondary N) is 1. The van der Waals surface area contributed by atoms with E-state index >= 15 is 0 Å². The summed E-state index contributed by atoms with van der Waals surface area (Å²) in [6.07, 6.45) is 7.75. The zero-order valence-electron chi connectivity index (χ0n) is 18.0. The van der Waals surface area contributed by atoms with Gasteiger partial charge in [0.1, 0.15) is 0 Å². The maximum atomic E-state index is 12.8. The van der Waals surface area contributed by atoms with Crippen molar-refractivity contribution in [2.75, 3.05) is 27.9 Å². The average molecular weight is 404 g/mol. The van der Waals surface area contributed by atoms with Gasteiger partial charge in [0.15, 0.2) is 11.5 Å². The molecule has 0 saturated heterocycles. The third-order valence-corrected chi connectivity index (χ3v) is 6.93. The smallest absolute Gasteiger partial charge is 0.255 e. The summed E-state index contributed by atoms with van der Waals surface area (Å²) >= 11 is 0. The van der Waals surface area contributed by atoms with E-state index in [0.717, 1.165) is 17.8 Å². The summed E-state index contributed by atoms with van der Waals surface area (Å²) in [4.78, 5) is 12.8. The third-order valence-electron chi connectivity index (χ3n) is 6.93. The topological polar surface area (TPSA) is 66.0 Å². The molecule has 6 nitrogen and oxygen atoms in total. The van der Waals surface area contributed by atoms with Crippen molar-refractivity contribution < 1.29 is 23.7 Å². The molecule has 4 aliphatic rings. The lowest BCUT2D eigenvalue weighted by Crippen LogP contribution is -2.53. The van der Waals surface area contributed by atoms with E-state index in [4.69, 9.17) is 18.9 Å². The van der Waals surface area contributed by atoms with Crippen LogP contribution in [0.3, 0.4) is 0 Å². The Labute approximate surface area is 173 Å². The van der Waals surface area contributed by atoms with Gasteiger partial charge < -0.3 is 24.3 Å². The minimum Gasteiger partial charge on any atom is -0.493 e. The molecule has 5 rings (SSSR count). The Kier molecular flexibility index (Phi) is 5.65. The zero-order chi connectivity index (χ0) is 20.6. The fourth-order valence-electron chi connectivity index (χ4n) is 6.26. The van der Waals surface area contributed by atoms with Crippen LogP contribution < -0.4 is 19.5 Å². The highest BCUT2D eigenvalue weighted by molar-refractivity contribution is 5.98. The predicted octanol–water partition coefficient (Wildman–Crippen LogP) is 3.82. The van der Waals surface area contributed by atoms with Crippen LogP contribution in [-0.2, 0) is 4.74 Å². The minimum absolute atomic E-state index is 0.0265. The molecule has 1 N–H and O–H groups in total. The average Bonchev–Trinajstić information content (AvgIpc) is 2.69. The van der Waals surface area contributed by atoms with Crippen LogP contribution in [0.1, 0.15) is 55.8 Å². The summed E-state index contributed by atoms with van der Waals surface area (Å²) in [5, 5.41) is 3.00. The molecule has 160 valence electrons. The fraction of sp³-hybridized carbons (Fsp3) is 0.696. The Morgan fingerprint density at radius 2 is 1.59 bits per heavy atom. The van der Waals surface area contributed by atoms with E-state index in [-0.39, 0.29) is 17.6 Å². The van der Waals surface area contributed by atoms with Gasteiger partial charge in [-0.3, -0.25) is 4.79 Å². The molecule has 1 amide bonds. The van der Waals surface area contributed by atoms with E-state index in [9.17, 15) is 4.79 Å². The van der Waals surface area contributed by atoms with E-state index in [1.807, 2.05) is 0 Å². The second-order valence-electron chi connectivity index (χ2n) is 9.12. The van der Waals surface area contributed by atoms with Crippen LogP contribution in [0.15, 0.2) is 12.1 Å². The summed E-state index contributed by atoms with van der Waals surface area (Å²) in [6.45, 7) is 2.53. The summed E-state index contributed by atoms with van der Waals surface area (Å²) in [5.41, 5.74) is 0.465. The van der Waals surface area contributed by atoms with Gasteiger partial charge in [-0.2, -0.15) is 0 Å². The highest BCUT2D eigenvalue weighted by atomic mass is 16.5. The van der Waals surface area contributed by atoms with E-state index in [1.54, 1.807) is 19.2 Å². The number of hydrogen-bond donors (Lipinski definition) is 1. The summed E-state index contributed by atoms with van der Waals surface area (Å²) in [7, 11) is 4.61. The van der Waals surface area contributed by atoms with Crippen molar-refractivity contribution in [1.29, 1.82) is 0 Å². The molecule has 4 saturated carbocycles. The van der Waals surface area contributed by atoms with Crippen LogP contribution in [0.2, 0.25) is 0 Å². The first kappa shape index (κ1) is 20.3. The Morgan fingerprint density at radius 1 is 1.00 bits per heavy atom. The first-order valence-corrected chi connectivity index (χ1v) is 10.7. The Hall–Kier alpha value is -1.95. The Bertz CT molecular complexity index is 727. The number of carbonyl (C=O) groups excluding carboxylic acids is 1. The van der Waals surface area contributed by atoms with Gasteiger partial charge in [0.05, 0.1) is 38.6 Å². The molecule has 29 heavy (non-hydrogen) atoms. The SMILES string of the molecule is COc1ccc(C(=O)NC[C@H](C)OC23CC4CC(CC(C4)C2)C3)c(OC)c1OC. The summed E-state index contributed by atoms with van der Waals surface area (Å²) < 4.78 is 22.7. The lowest BCUT2D eigenvalue weighted by molar-refractivity contribution is -0.182. The molecule has 4 fully saturated rings. The third kappa shape index (κ3) is 3.91. The van der Waals surface area contributed by atoms with Crippen LogP contribution in [0.25, 0.3) is 0 Å². The minimum atomic E-state index is -0.205. The number of carbonyl (C=O) groups is 1. The molecule has 0 heterocycles. The van der Waals surface area contributed by atoms with Gasteiger partial charge in [-0.25, -0.2) is 0 Å². The highest BCUT2D eigenvalue weighted by Crippen LogP contribution is 2.57. The van der Waals surface area contributed by atoms with E-state index in [2.05, 4.69) is 12.2 Å². The number of benzene rings is 1. The van der Waals surface area contributed by atoms with Crippen molar-refractivity contribution >= 4 is 5.91 Å². The molecule has 1 aromatic carbocycles. The molecule has 0 aromatic heterocycles. The van der Waals surface area contributed by atoms with Gasteiger partial charge in [-0.1, -0.05) is 0 Å². The number of rotatable bonds is 8. The zero-order valence-corrected chi connectivity index (χ0v) is 18.0. The second-order valence-corrected chi connectivity index (χ2v) is 9.12. The fourth-order valence-corrected chi connectivity index (χ4v) is 6.26. The molecule has 0 spiro atoms. The predicted molar refractivity (Wildman–Crippen MR) is 110 cm³/mol. The Morgan fingerprint density at radius 3 is 2.10 bits per heavy atom. The van der Waals surface area contributed by atoms with Gasteiger partial charge in [0, 0.05) is 6.54 Å². The molecule has 0 aliphatic heterocycles. The molecule has 4 aliphatic carbocycles. The lowest BCUT2D eigenvalue weighted by atomic mass is 9.54. The van der Waals surface area contributed by atoms with E-state index < -0.39 is 0 Å². The van der Waals surface area contributed by atoms with Crippen molar-refractivity contribution in [2.45, 2.75) is 57.2 Å². The number of methoxy groups -OCH3 is 3. The van der Waals surface area contributed by atoms with Crippen LogP contribution in [0, 0.1) is 17.8 Å². The summed E-state index contributed by atoms with van der Waals surface area (Å²) in [6, 6.07) is 3.41. The van der Waals surface area contributed by atoms with E-state index in [0.29, 0.717) is 29.4 Å².